The van der Waals surface area contributed by atoms with Gasteiger partial charge < -0.3 is 10.2 Å². The van der Waals surface area contributed by atoms with Crippen LogP contribution in [0, 0.1) is 11.8 Å². The zero-order valence-electron chi connectivity index (χ0n) is 12.3. The van der Waals surface area contributed by atoms with Crippen molar-refractivity contribution in [2.24, 2.45) is 16.8 Å². The van der Waals surface area contributed by atoms with Crippen LogP contribution in [-0.2, 0) is 0 Å². The van der Waals surface area contributed by atoms with Crippen LogP contribution in [-0.4, -0.2) is 48.0 Å². The summed E-state index contributed by atoms with van der Waals surface area (Å²) in [7, 11) is 2.22. The van der Waals surface area contributed by atoms with Crippen molar-refractivity contribution in [3.8, 4) is 0 Å². The lowest BCUT2D eigenvalue weighted by Gasteiger charge is -2.35. The van der Waals surface area contributed by atoms with Crippen molar-refractivity contribution < 1.29 is 0 Å². The maximum atomic E-state index is 4.85. The van der Waals surface area contributed by atoms with E-state index in [4.69, 9.17) is 4.99 Å². The molecular formula is C15H27N3S. The van der Waals surface area contributed by atoms with Crippen molar-refractivity contribution in [1.82, 2.24) is 10.2 Å². The molecule has 0 aromatic carbocycles. The van der Waals surface area contributed by atoms with Crippen molar-refractivity contribution >= 4 is 16.9 Å². The van der Waals surface area contributed by atoms with Crippen LogP contribution in [0.5, 0.6) is 0 Å². The molecule has 3 aliphatic rings. The maximum Gasteiger partial charge on any atom is 0.157 e. The lowest BCUT2D eigenvalue weighted by molar-refractivity contribution is 0.250. The second-order valence-corrected chi connectivity index (χ2v) is 7.90. The van der Waals surface area contributed by atoms with Crippen LogP contribution in [0.15, 0.2) is 4.99 Å². The van der Waals surface area contributed by atoms with Crippen LogP contribution in [0.2, 0.25) is 0 Å². The highest BCUT2D eigenvalue weighted by molar-refractivity contribution is 8.14. The fraction of sp³-hybridized carbons (Fsp3) is 0.933. The first-order valence-electron chi connectivity index (χ1n) is 7.79. The van der Waals surface area contributed by atoms with Crippen LogP contribution in [0.1, 0.15) is 39.0 Å². The Hall–Kier alpha value is -0.220. The minimum atomic E-state index is 0.391. The molecule has 108 valence electrons. The predicted molar refractivity (Wildman–Crippen MR) is 83.9 cm³/mol. The fourth-order valence-corrected chi connectivity index (χ4v) is 4.79. The number of rotatable bonds is 2. The number of aliphatic imine (C=N–C) groups is 1. The molecule has 1 saturated carbocycles. The predicted octanol–water partition coefficient (Wildman–Crippen LogP) is 2.58. The molecule has 3 nitrogen and oxygen atoms in total. The molecule has 4 heteroatoms. The SMILES string of the molecule is CC1CCC2(CC1)CSC(=NCC1CCN(C)C1)N2. The molecule has 0 radical (unpaired) electrons. The molecule has 1 aliphatic carbocycles. The summed E-state index contributed by atoms with van der Waals surface area (Å²) in [6, 6.07) is 0. The summed E-state index contributed by atoms with van der Waals surface area (Å²) in [5.74, 6) is 2.94. The van der Waals surface area contributed by atoms with Gasteiger partial charge in [-0.2, -0.15) is 0 Å². The maximum absolute atomic E-state index is 4.85. The Morgan fingerprint density at radius 2 is 2.16 bits per heavy atom. The Morgan fingerprint density at radius 1 is 1.37 bits per heavy atom. The van der Waals surface area contributed by atoms with E-state index < -0.39 is 0 Å². The van der Waals surface area contributed by atoms with Gasteiger partial charge >= 0.3 is 0 Å². The van der Waals surface area contributed by atoms with E-state index in [0.717, 1.165) is 18.4 Å². The van der Waals surface area contributed by atoms with E-state index in [2.05, 4.69) is 24.2 Å². The Balaban J connectivity index is 1.51. The Bertz CT molecular complexity index is 347. The molecule has 2 heterocycles. The van der Waals surface area contributed by atoms with Gasteiger partial charge in [0.25, 0.3) is 0 Å². The normalized spacial score (nSPS) is 42.1. The first-order valence-corrected chi connectivity index (χ1v) is 8.78. The molecule has 1 atom stereocenters. The minimum absolute atomic E-state index is 0.391. The van der Waals surface area contributed by atoms with Gasteiger partial charge in [0.1, 0.15) is 0 Å². The summed E-state index contributed by atoms with van der Waals surface area (Å²) in [5, 5.41) is 4.99. The average molecular weight is 281 g/mol. The van der Waals surface area contributed by atoms with Gasteiger partial charge in [-0.15, -0.1) is 0 Å². The Labute approximate surface area is 121 Å². The highest BCUT2D eigenvalue weighted by atomic mass is 32.2. The number of nitrogens with zero attached hydrogens (tertiary/aromatic N) is 2. The van der Waals surface area contributed by atoms with Gasteiger partial charge in [-0.3, -0.25) is 4.99 Å². The number of hydrogen-bond donors (Lipinski definition) is 1. The van der Waals surface area contributed by atoms with Gasteiger partial charge in [0, 0.05) is 24.4 Å². The van der Waals surface area contributed by atoms with Gasteiger partial charge in [-0.25, -0.2) is 0 Å². The third-order valence-electron chi connectivity index (χ3n) is 5.07. The third-order valence-corrected chi connectivity index (χ3v) is 6.27. The topological polar surface area (TPSA) is 27.6 Å². The highest BCUT2D eigenvalue weighted by Gasteiger charge is 2.39. The number of likely N-dealkylation sites (tertiary alicyclic amines) is 1. The molecule has 0 bridgehead atoms. The first-order chi connectivity index (χ1) is 9.15. The van der Waals surface area contributed by atoms with E-state index >= 15 is 0 Å². The third kappa shape index (κ3) is 3.27. The second kappa shape index (κ2) is 5.65. The fourth-order valence-electron chi connectivity index (χ4n) is 3.56. The van der Waals surface area contributed by atoms with Gasteiger partial charge in [0.2, 0.25) is 0 Å². The molecule has 1 unspecified atom stereocenters. The number of thioether (sulfide) groups is 1. The Morgan fingerprint density at radius 3 is 2.84 bits per heavy atom. The minimum Gasteiger partial charge on any atom is -0.359 e. The lowest BCUT2D eigenvalue weighted by atomic mass is 9.78. The van der Waals surface area contributed by atoms with E-state index in [-0.39, 0.29) is 0 Å². The molecule has 1 N–H and O–H groups in total. The van der Waals surface area contributed by atoms with Crippen molar-refractivity contribution in [2.45, 2.75) is 44.6 Å². The summed E-state index contributed by atoms with van der Waals surface area (Å²) >= 11 is 1.96. The summed E-state index contributed by atoms with van der Waals surface area (Å²) in [5.41, 5.74) is 0.391. The number of nitrogens with one attached hydrogen (secondary N) is 1. The monoisotopic (exact) mass is 281 g/mol. The quantitative estimate of drug-likeness (QED) is 0.843. The Kier molecular flexibility index (Phi) is 4.08. The molecule has 0 amide bonds. The van der Waals surface area contributed by atoms with Gasteiger partial charge in [0.05, 0.1) is 0 Å². The van der Waals surface area contributed by atoms with Crippen LogP contribution >= 0.6 is 11.8 Å². The molecule has 1 spiro atoms. The largest absolute Gasteiger partial charge is 0.359 e. The van der Waals surface area contributed by atoms with Crippen molar-refractivity contribution in [3.05, 3.63) is 0 Å². The van der Waals surface area contributed by atoms with Crippen LogP contribution in [0.25, 0.3) is 0 Å². The van der Waals surface area contributed by atoms with Gasteiger partial charge in [-0.05, 0) is 57.5 Å². The van der Waals surface area contributed by atoms with E-state index in [9.17, 15) is 0 Å². The molecule has 3 fully saturated rings. The smallest absolute Gasteiger partial charge is 0.157 e. The molecular weight excluding hydrogens is 254 g/mol. The highest BCUT2D eigenvalue weighted by Crippen LogP contribution is 2.38. The standard InChI is InChI=1S/C15H27N3S/c1-12-3-6-15(7-4-12)11-19-14(17-15)16-9-13-5-8-18(2)10-13/h12-13H,3-11H2,1-2H3,(H,16,17). The zero-order chi connectivity index (χ0) is 13.3. The number of hydrogen-bond acceptors (Lipinski definition) is 3. The molecule has 2 aliphatic heterocycles. The molecule has 3 rings (SSSR count). The van der Waals surface area contributed by atoms with Gasteiger partial charge in [-0.1, -0.05) is 18.7 Å². The molecule has 2 saturated heterocycles. The molecule has 0 aromatic rings. The zero-order valence-corrected chi connectivity index (χ0v) is 13.1. The average Bonchev–Trinajstić information content (AvgIpc) is 2.99. The lowest BCUT2D eigenvalue weighted by Crippen LogP contribution is -2.46. The van der Waals surface area contributed by atoms with E-state index in [0.29, 0.717) is 5.54 Å². The summed E-state index contributed by atoms with van der Waals surface area (Å²) in [4.78, 5) is 7.27. The summed E-state index contributed by atoms with van der Waals surface area (Å²) in [6.07, 6.45) is 6.77. The number of amidine groups is 1. The molecule has 19 heavy (non-hydrogen) atoms. The van der Waals surface area contributed by atoms with Gasteiger partial charge in [0.15, 0.2) is 5.17 Å². The van der Waals surface area contributed by atoms with Crippen molar-refractivity contribution in [1.29, 1.82) is 0 Å². The van der Waals surface area contributed by atoms with Crippen LogP contribution in [0.3, 0.4) is 0 Å². The first kappa shape index (κ1) is 13.7. The second-order valence-electron chi connectivity index (χ2n) is 6.94. The summed E-state index contributed by atoms with van der Waals surface area (Å²) in [6.45, 7) is 5.88. The molecule has 0 aromatic heterocycles. The van der Waals surface area contributed by atoms with E-state index in [1.165, 1.54) is 56.1 Å². The van der Waals surface area contributed by atoms with Crippen LogP contribution < -0.4 is 5.32 Å². The van der Waals surface area contributed by atoms with Crippen molar-refractivity contribution in [3.63, 3.8) is 0 Å². The van der Waals surface area contributed by atoms with Crippen LogP contribution in [0.4, 0.5) is 0 Å². The summed E-state index contributed by atoms with van der Waals surface area (Å²) < 4.78 is 0. The van der Waals surface area contributed by atoms with Crippen molar-refractivity contribution in [2.75, 3.05) is 32.4 Å². The van der Waals surface area contributed by atoms with E-state index in [1.807, 2.05) is 11.8 Å². The van der Waals surface area contributed by atoms with E-state index in [1.54, 1.807) is 0 Å².